The summed E-state index contributed by atoms with van der Waals surface area (Å²) in [4.78, 5) is 2.48. The number of hydrogen-bond acceptors (Lipinski definition) is 4. The number of fused-ring (bicyclic) bond motifs is 1. The molecule has 0 fully saturated rings. The highest BCUT2D eigenvalue weighted by Gasteiger charge is 2.47. The number of methoxy groups -OCH3 is 2. The van der Waals surface area contributed by atoms with Gasteiger partial charge in [-0.2, -0.15) is 5.26 Å². The molecule has 1 aliphatic rings. The second-order valence-corrected chi connectivity index (χ2v) is 16.9. The number of quaternary nitrogens is 1. The fourth-order valence-electron chi connectivity index (χ4n) is 9.61. The Labute approximate surface area is 389 Å². The van der Waals surface area contributed by atoms with Gasteiger partial charge in [-0.25, -0.2) is 0 Å². The van der Waals surface area contributed by atoms with Gasteiger partial charge in [-0.1, -0.05) is 155 Å². The van der Waals surface area contributed by atoms with Crippen LogP contribution in [-0.4, -0.2) is 27.3 Å². The SMILES string of the molecule is CC.CCC[NH2+]c1ccc(OC)cc1C(C/C=C/C(C#N)=C/C=C1/N(CCC)c2ccc(OC)cc2C1(Cc1ccccc1)Cc1ccccc1)(Cc1ccccc1)Cc1ccccc1. The molecule has 7 rings (SSSR count). The van der Waals surface area contributed by atoms with Gasteiger partial charge in [0.1, 0.15) is 17.2 Å². The monoisotopic (exact) mass is 863 g/mol. The number of rotatable bonds is 20. The lowest BCUT2D eigenvalue weighted by atomic mass is 9.68. The molecule has 0 saturated carbocycles. The van der Waals surface area contributed by atoms with Crippen molar-refractivity contribution in [1.29, 1.82) is 5.26 Å². The van der Waals surface area contributed by atoms with Crippen LogP contribution in [0.2, 0.25) is 0 Å². The van der Waals surface area contributed by atoms with Crippen LogP contribution in [0, 0.1) is 11.3 Å². The Balaban J connectivity index is 0.00000345. The van der Waals surface area contributed by atoms with Crippen molar-refractivity contribution in [2.75, 3.05) is 32.2 Å². The number of ether oxygens (including phenoxy) is 2. The predicted molar refractivity (Wildman–Crippen MR) is 271 cm³/mol. The molecule has 0 bridgehead atoms. The summed E-state index contributed by atoms with van der Waals surface area (Å²) >= 11 is 0. The maximum atomic E-state index is 10.9. The number of allylic oxidation sites excluding steroid dienone is 6. The third-order valence-corrected chi connectivity index (χ3v) is 12.5. The second-order valence-electron chi connectivity index (χ2n) is 16.9. The topological polar surface area (TPSA) is 62.1 Å². The van der Waals surface area contributed by atoms with E-state index in [0.717, 1.165) is 63.1 Å². The van der Waals surface area contributed by atoms with E-state index in [1.54, 1.807) is 14.2 Å². The first kappa shape index (κ1) is 47.9. The van der Waals surface area contributed by atoms with Crippen molar-refractivity contribution in [3.8, 4) is 17.6 Å². The highest BCUT2D eigenvalue weighted by Crippen LogP contribution is 2.53. The van der Waals surface area contributed by atoms with E-state index in [2.05, 4.69) is 200 Å². The van der Waals surface area contributed by atoms with Crippen molar-refractivity contribution in [2.45, 2.75) is 83.5 Å². The first-order valence-corrected chi connectivity index (χ1v) is 23.6. The molecule has 5 heteroatoms. The Hall–Kier alpha value is -6.61. The summed E-state index contributed by atoms with van der Waals surface area (Å²) < 4.78 is 11.8. The van der Waals surface area contributed by atoms with Gasteiger partial charge in [0.15, 0.2) is 0 Å². The van der Waals surface area contributed by atoms with Crippen molar-refractivity contribution in [2.24, 2.45) is 0 Å². The summed E-state index contributed by atoms with van der Waals surface area (Å²) in [5, 5.41) is 13.3. The normalized spacial score (nSPS) is 13.8. The van der Waals surface area contributed by atoms with Crippen LogP contribution in [0.15, 0.2) is 193 Å². The maximum Gasteiger partial charge on any atom is 0.133 e. The number of nitrogens with zero attached hydrogens (tertiary/aromatic N) is 2. The lowest BCUT2D eigenvalue weighted by Gasteiger charge is -2.35. The molecule has 65 heavy (non-hydrogen) atoms. The van der Waals surface area contributed by atoms with Crippen LogP contribution in [-0.2, 0) is 36.5 Å². The van der Waals surface area contributed by atoms with Crippen molar-refractivity contribution in [3.63, 3.8) is 0 Å². The molecule has 2 N–H and O–H groups in total. The molecule has 0 atom stereocenters. The van der Waals surface area contributed by atoms with Crippen LogP contribution < -0.4 is 19.7 Å². The van der Waals surface area contributed by atoms with E-state index in [0.29, 0.717) is 12.0 Å². The third-order valence-electron chi connectivity index (χ3n) is 12.5. The molecule has 5 nitrogen and oxygen atoms in total. The Morgan fingerprint density at radius 3 is 1.71 bits per heavy atom. The Bertz CT molecular complexity index is 2440. The van der Waals surface area contributed by atoms with Gasteiger partial charge in [-0.15, -0.1) is 0 Å². The van der Waals surface area contributed by atoms with E-state index in [1.165, 1.54) is 50.5 Å². The minimum Gasteiger partial charge on any atom is -0.497 e. The average molecular weight is 863 g/mol. The van der Waals surface area contributed by atoms with Crippen LogP contribution in [0.5, 0.6) is 11.5 Å². The van der Waals surface area contributed by atoms with Crippen LogP contribution in [0.1, 0.15) is 80.3 Å². The zero-order valence-corrected chi connectivity index (χ0v) is 39.5. The predicted octanol–water partition coefficient (Wildman–Crippen LogP) is 13.0. The first-order valence-electron chi connectivity index (χ1n) is 23.6. The van der Waals surface area contributed by atoms with Gasteiger partial charge < -0.3 is 19.7 Å². The van der Waals surface area contributed by atoms with Crippen LogP contribution in [0.3, 0.4) is 0 Å². The molecule has 0 aliphatic carbocycles. The molecule has 6 aromatic carbocycles. The third kappa shape index (κ3) is 11.8. The first-order chi connectivity index (χ1) is 31.9. The highest BCUT2D eigenvalue weighted by molar-refractivity contribution is 5.74. The summed E-state index contributed by atoms with van der Waals surface area (Å²) in [6.45, 7) is 10.3. The largest absolute Gasteiger partial charge is 0.497 e. The molecule has 0 amide bonds. The van der Waals surface area contributed by atoms with Gasteiger partial charge in [0.05, 0.1) is 32.4 Å². The minimum atomic E-state index is -0.430. The molecule has 0 aromatic heterocycles. The number of nitrogens with two attached hydrogens (primary N) is 1. The van der Waals surface area contributed by atoms with Gasteiger partial charge in [-0.05, 0) is 121 Å². The summed E-state index contributed by atoms with van der Waals surface area (Å²) in [6.07, 6.45) is 14.5. The van der Waals surface area contributed by atoms with Crippen LogP contribution in [0.25, 0.3) is 0 Å². The number of anilines is 1. The smallest absolute Gasteiger partial charge is 0.133 e. The molecule has 0 spiro atoms. The van der Waals surface area contributed by atoms with E-state index in [-0.39, 0.29) is 5.41 Å². The molecule has 1 aliphatic heterocycles. The Morgan fingerprint density at radius 1 is 0.677 bits per heavy atom. The molecular formula is C60H68N3O2+. The van der Waals surface area contributed by atoms with Gasteiger partial charge in [0.2, 0.25) is 0 Å². The molecule has 334 valence electrons. The lowest BCUT2D eigenvalue weighted by molar-refractivity contribution is -0.572. The van der Waals surface area contributed by atoms with Gasteiger partial charge in [0, 0.05) is 40.4 Å². The summed E-state index contributed by atoms with van der Waals surface area (Å²) in [6, 6.07) is 58.9. The molecule has 0 unspecified atom stereocenters. The molecule has 1 heterocycles. The van der Waals surface area contributed by atoms with E-state index in [9.17, 15) is 5.26 Å². The fraction of sp³-hybridized carbons (Fsp3) is 0.283. The van der Waals surface area contributed by atoms with Crippen molar-refractivity contribution >= 4 is 11.4 Å². The lowest BCUT2D eigenvalue weighted by Crippen LogP contribution is -2.78. The molecule has 0 radical (unpaired) electrons. The summed E-state index contributed by atoms with van der Waals surface area (Å²) in [7, 11) is 3.49. The number of hydrogen-bond donors (Lipinski definition) is 1. The molecular weight excluding hydrogens is 795 g/mol. The summed E-state index contributed by atoms with van der Waals surface area (Å²) in [5.74, 6) is 1.69. The van der Waals surface area contributed by atoms with Gasteiger partial charge in [0.25, 0.3) is 0 Å². The van der Waals surface area contributed by atoms with Crippen molar-refractivity contribution in [1.82, 2.24) is 0 Å². The average Bonchev–Trinajstić information content (AvgIpc) is 3.59. The second kappa shape index (κ2) is 23.9. The summed E-state index contributed by atoms with van der Waals surface area (Å²) in [5.41, 5.74) is 11.0. The molecule has 6 aromatic rings. The van der Waals surface area contributed by atoms with Crippen LogP contribution in [0.4, 0.5) is 11.4 Å². The maximum absolute atomic E-state index is 10.9. The molecule has 0 saturated heterocycles. The van der Waals surface area contributed by atoms with Crippen LogP contribution >= 0.6 is 0 Å². The zero-order valence-electron chi connectivity index (χ0n) is 39.5. The Morgan fingerprint density at radius 2 is 1.20 bits per heavy atom. The number of benzene rings is 6. The van der Waals surface area contributed by atoms with E-state index < -0.39 is 5.41 Å². The van der Waals surface area contributed by atoms with E-state index in [1.807, 2.05) is 26.0 Å². The standard InChI is InChI=1S/C58H61N3O2.C2H6/c1-5-36-60-54-32-30-50(62-3)38-52(54)57(40-45-20-11-7-12-21-45,41-46-22-13-8-14-23-46)35-19-28-49(44-59)29-34-56-58(42-47-24-15-9-16-25-47,43-48-26-17-10-18-27-48)53-39-51(63-4)31-33-55(53)61(56)37-6-2;1-2/h7-34,38-39,60H,5-6,35-37,40-43H2,1-4H3;1-2H3/p+1/b28-19+,49-29-,56-34+;. The Kier molecular flexibility index (Phi) is 17.6. The van der Waals surface area contributed by atoms with E-state index in [4.69, 9.17) is 9.47 Å². The van der Waals surface area contributed by atoms with E-state index >= 15 is 0 Å². The van der Waals surface area contributed by atoms with Gasteiger partial charge in [-0.3, -0.25) is 0 Å². The fourth-order valence-corrected chi connectivity index (χ4v) is 9.61. The van der Waals surface area contributed by atoms with Gasteiger partial charge >= 0.3 is 0 Å². The zero-order chi connectivity index (χ0) is 45.9. The quantitative estimate of drug-likeness (QED) is 0.0472. The minimum absolute atomic E-state index is 0.350. The number of nitriles is 1. The highest BCUT2D eigenvalue weighted by atomic mass is 16.5. The van der Waals surface area contributed by atoms with Crippen molar-refractivity contribution in [3.05, 3.63) is 227 Å². The van der Waals surface area contributed by atoms with Crippen molar-refractivity contribution < 1.29 is 14.8 Å².